The first-order valence-corrected chi connectivity index (χ1v) is 7.50. The molecule has 1 N–H and O–H groups in total. The molecule has 2 heterocycles. The zero-order valence-corrected chi connectivity index (χ0v) is 13.9. The van der Waals surface area contributed by atoms with Crippen LogP contribution in [0.1, 0.15) is 12.8 Å². The van der Waals surface area contributed by atoms with Crippen LogP contribution < -0.4 is 10.1 Å². The molecule has 0 radical (unpaired) electrons. The van der Waals surface area contributed by atoms with Gasteiger partial charge in [0.15, 0.2) is 11.2 Å². The molecule has 0 saturated heterocycles. The number of carbonyl (C=O) groups excluding carboxylic acids is 1. The third-order valence-electron chi connectivity index (χ3n) is 3.09. The van der Waals surface area contributed by atoms with Crippen LogP contribution in [-0.4, -0.2) is 32.0 Å². The zero-order valence-electron chi connectivity index (χ0n) is 13.9. The fraction of sp³-hybridized carbons (Fsp3) is 0.235. The monoisotopic (exact) mass is 338 g/mol. The lowest BCUT2D eigenvalue weighted by Crippen LogP contribution is -2.15. The van der Waals surface area contributed by atoms with Crippen molar-refractivity contribution in [2.75, 3.05) is 11.9 Å². The molecule has 0 fully saturated rings. The number of hydrogen-bond donors (Lipinski definition) is 1. The van der Waals surface area contributed by atoms with E-state index in [0.717, 1.165) is 0 Å². The lowest BCUT2D eigenvalue weighted by atomic mass is 10.2. The second-order valence-corrected chi connectivity index (χ2v) is 5.11. The van der Waals surface area contributed by atoms with Gasteiger partial charge in [-0.2, -0.15) is 15.2 Å². The third-order valence-corrected chi connectivity index (χ3v) is 3.09. The molecule has 128 valence electrons. The number of anilines is 1. The number of ether oxygens (including phenoxy) is 1. The summed E-state index contributed by atoms with van der Waals surface area (Å²) in [6, 6.07) is 1.99. The fourth-order valence-corrected chi connectivity index (χ4v) is 1.97. The van der Waals surface area contributed by atoms with Crippen molar-refractivity contribution >= 4 is 23.0 Å². The summed E-state index contributed by atoms with van der Waals surface area (Å²) < 4.78 is 7.18. The smallest absolute Gasteiger partial charge is 0.247 e. The maximum Gasteiger partial charge on any atom is 0.247 e. The standard InChI is InChI=1S/C17H18N6O2/c1-4-5-7-12(2)10-13(24)20-17-21-15-14(19-11-23(15)3)16(22-17)25-9-6-8-18/h4-5,7,11H,1-2,6,9-10H2,3H3,(H,20,21,22,24)/b7-5-. The van der Waals surface area contributed by atoms with Crippen molar-refractivity contribution in [3.05, 3.63) is 43.3 Å². The second kappa shape index (κ2) is 8.40. The summed E-state index contributed by atoms with van der Waals surface area (Å²) in [5.74, 6) is 0.0262. The first-order valence-electron chi connectivity index (χ1n) is 7.50. The zero-order chi connectivity index (χ0) is 18.2. The Morgan fingerprint density at radius 3 is 3.04 bits per heavy atom. The average Bonchev–Trinajstić information content (AvgIpc) is 2.94. The van der Waals surface area contributed by atoms with Gasteiger partial charge in [0, 0.05) is 7.05 Å². The highest BCUT2D eigenvalue weighted by Crippen LogP contribution is 2.22. The van der Waals surface area contributed by atoms with Gasteiger partial charge in [-0.15, -0.1) is 0 Å². The highest BCUT2D eigenvalue weighted by atomic mass is 16.5. The highest BCUT2D eigenvalue weighted by molar-refractivity contribution is 5.92. The van der Waals surface area contributed by atoms with Gasteiger partial charge >= 0.3 is 0 Å². The van der Waals surface area contributed by atoms with Crippen LogP contribution in [0, 0.1) is 11.3 Å². The summed E-state index contributed by atoms with van der Waals surface area (Å²) in [6.45, 7) is 7.53. The largest absolute Gasteiger partial charge is 0.475 e. The molecule has 0 atom stereocenters. The molecule has 0 aliphatic heterocycles. The molecule has 0 bridgehead atoms. The Morgan fingerprint density at radius 1 is 1.52 bits per heavy atom. The lowest BCUT2D eigenvalue weighted by Gasteiger charge is -2.08. The molecule has 2 rings (SSSR count). The first-order chi connectivity index (χ1) is 12.0. The van der Waals surface area contributed by atoms with Crippen LogP contribution in [0.5, 0.6) is 5.88 Å². The Bertz CT molecular complexity index is 875. The number of amides is 1. The van der Waals surface area contributed by atoms with Gasteiger partial charge in [-0.05, 0) is 5.57 Å². The summed E-state index contributed by atoms with van der Waals surface area (Å²) in [4.78, 5) is 24.7. The summed E-state index contributed by atoms with van der Waals surface area (Å²) in [5, 5.41) is 11.2. The summed E-state index contributed by atoms with van der Waals surface area (Å²) in [5.41, 5.74) is 1.61. The molecule has 0 aromatic carbocycles. The normalized spacial score (nSPS) is 10.6. The molecule has 2 aromatic heterocycles. The molecule has 0 unspecified atom stereocenters. The second-order valence-electron chi connectivity index (χ2n) is 5.11. The third kappa shape index (κ3) is 4.75. The summed E-state index contributed by atoms with van der Waals surface area (Å²) in [7, 11) is 1.77. The number of nitriles is 1. The number of aryl methyl sites for hydroxylation is 1. The van der Waals surface area contributed by atoms with Crippen molar-refractivity contribution < 1.29 is 9.53 Å². The number of aromatic nitrogens is 4. The molecule has 8 heteroatoms. The van der Waals surface area contributed by atoms with Gasteiger partial charge in [0.05, 0.1) is 25.2 Å². The van der Waals surface area contributed by atoms with Crippen LogP contribution in [0.3, 0.4) is 0 Å². The Morgan fingerprint density at radius 2 is 2.32 bits per heavy atom. The van der Waals surface area contributed by atoms with Crippen LogP contribution in [0.15, 0.2) is 43.3 Å². The van der Waals surface area contributed by atoms with E-state index in [1.807, 2.05) is 6.07 Å². The predicted molar refractivity (Wildman–Crippen MR) is 93.8 cm³/mol. The van der Waals surface area contributed by atoms with Gasteiger partial charge in [0.1, 0.15) is 6.61 Å². The molecule has 2 aromatic rings. The van der Waals surface area contributed by atoms with Gasteiger partial charge in [0.2, 0.25) is 17.7 Å². The Balaban J connectivity index is 2.19. The molecule has 1 amide bonds. The van der Waals surface area contributed by atoms with E-state index in [9.17, 15) is 4.79 Å². The number of carbonyl (C=O) groups is 1. The minimum Gasteiger partial charge on any atom is -0.475 e. The number of hydrogen-bond acceptors (Lipinski definition) is 6. The summed E-state index contributed by atoms with van der Waals surface area (Å²) in [6.07, 6.45) is 6.90. The van der Waals surface area contributed by atoms with E-state index in [1.54, 1.807) is 36.2 Å². The number of nitrogens with one attached hydrogen (secondary N) is 1. The van der Waals surface area contributed by atoms with Crippen LogP contribution in [0.4, 0.5) is 5.95 Å². The SMILES string of the molecule is C=C/C=C\C(=C)CC(=O)Nc1nc(OCCC#N)c2ncn(C)c2n1. The molecular weight excluding hydrogens is 320 g/mol. The van der Waals surface area contributed by atoms with Gasteiger partial charge in [-0.1, -0.05) is 31.4 Å². The molecule has 0 spiro atoms. The van der Waals surface area contributed by atoms with Crippen molar-refractivity contribution in [3.8, 4) is 11.9 Å². The van der Waals surface area contributed by atoms with Crippen molar-refractivity contribution in [3.63, 3.8) is 0 Å². The maximum absolute atomic E-state index is 12.1. The van der Waals surface area contributed by atoms with Gasteiger partial charge in [-0.25, -0.2) is 4.98 Å². The molecule has 0 aliphatic carbocycles. The quantitative estimate of drug-likeness (QED) is 0.585. The van der Waals surface area contributed by atoms with Crippen molar-refractivity contribution in [2.24, 2.45) is 7.05 Å². The van der Waals surface area contributed by atoms with Crippen molar-refractivity contribution in [1.82, 2.24) is 19.5 Å². The predicted octanol–water partition coefficient (Wildman–Crippen LogP) is 2.28. The van der Waals surface area contributed by atoms with E-state index >= 15 is 0 Å². The number of fused-ring (bicyclic) bond motifs is 1. The van der Waals surface area contributed by atoms with Crippen molar-refractivity contribution in [2.45, 2.75) is 12.8 Å². The van der Waals surface area contributed by atoms with Crippen LogP contribution >= 0.6 is 0 Å². The summed E-state index contributed by atoms with van der Waals surface area (Å²) >= 11 is 0. The minimum absolute atomic E-state index is 0.0990. The van der Waals surface area contributed by atoms with Crippen LogP contribution in [0.25, 0.3) is 11.2 Å². The van der Waals surface area contributed by atoms with E-state index in [2.05, 4.69) is 33.4 Å². The van der Waals surface area contributed by atoms with E-state index < -0.39 is 0 Å². The van der Waals surface area contributed by atoms with E-state index in [0.29, 0.717) is 16.7 Å². The Labute approximate surface area is 145 Å². The minimum atomic E-state index is -0.303. The van der Waals surface area contributed by atoms with Crippen molar-refractivity contribution in [1.29, 1.82) is 5.26 Å². The first kappa shape index (κ1) is 17.9. The molecule has 25 heavy (non-hydrogen) atoms. The molecular formula is C17H18N6O2. The number of allylic oxidation sites excluding steroid dienone is 3. The number of imidazole rings is 1. The highest BCUT2D eigenvalue weighted by Gasteiger charge is 2.15. The van der Waals surface area contributed by atoms with Gasteiger partial charge in [-0.3, -0.25) is 10.1 Å². The fourth-order valence-electron chi connectivity index (χ4n) is 1.97. The number of rotatable bonds is 8. The Hall–Kier alpha value is -3.47. The topological polar surface area (TPSA) is 106 Å². The molecule has 0 aliphatic rings. The van der Waals surface area contributed by atoms with Crippen LogP contribution in [0.2, 0.25) is 0 Å². The van der Waals surface area contributed by atoms with Crippen LogP contribution in [-0.2, 0) is 11.8 Å². The van der Waals surface area contributed by atoms with E-state index in [1.165, 1.54) is 0 Å². The lowest BCUT2D eigenvalue weighted by molar-refractivity contribution is -0.115. The van der Waals surface area contributed by atoms with E-state index in [-0.39, 0.29) is 37.2 Å². The van der Waals surface area contributed by atoms with Gasteiger partial charge in [0.25, 0.3) is 0 Å². The molecule has 8 nitrogen and oxygen atoms in total. The Kier molecular flexibility index (Phi) is 6.01. The maximum atomic E-state index is 12.1. The number of nitrogens with zero attached hydrogens (tertiary/aromatic N) is 5. The molecule has 0 saturated carbocycles. The van der Waals surface area contributed by atoms with E-state index in [4.69, 9.17) is 10.00 Å². The average molecular weight is 338 g/mol. The van der Waals surface area contributed by atoms with Gasteiger partial charge < -0.3 is 9.30 Å².